The summed E-state index contributed by atoms with van der Waals surface area (Å²) in [6.07, 6.45) is 6.83. The highest BCUT2D eigenvalue weighted by Gasteiger charge is 2.23. The smallest absolute Gasteiger partial charge is 0.318 e. The maximum atomic E-state index is 12.2. The molecular formula is C15H26N4O3. The summed E-state index contributed by atoms with van der Waals surface area (Å²) in [6.45, 7) is 2.75. The molecule has 0 aromatic heterocycles. The Hall–Kier alpha value is -1.63. The van der Waals surface area contributed by atoms with Crippen LogP contribution in [-0.4, -0.2) is 60.4 Å². The van der Waals surface area contributed by atoms with Gasteiger partial charge < -0.3 is 10.6 Å². The van der Waals surface area contributed by atoms with Gasteiger partial charge in [-0.05, 0) is 12.3 Å². The Bertz CT molecular complexity index is 413. The van der Waals surface area contributed by atoms with E-state index in [9.17, 15) is 14.4 Å². The van der Waals surface area contributed by atoms with Crippen LogP contribution in [0.25, 0.3) is 0 Å². The lowest BCUT2D eigenvalue weighted by atomic mass is 10.0. The van der Waals surface area contributed by atoms with Crippen molar-refractivity contribution in [2.45, 2.75) is 38.5 Å². The molecule has 1 aliphatic heterocycles. The van der Waals surface area contributed by atoms with E-state index in [1.807, 2.05) is 9.80 Å². The Morgan fingerprint density at radius 2 is 1.68 bits per heavy atom. The zero-order valence-electron chi connectivity index (χ0n) is 13.1. The summed E-state index contributed by atoms with van der Waals surface area (Å²) in [5.74, 6) is 0.574. The van der Waals surface area contributed by atoms with Gasteiger partial charge in [0, 0.05) is 32.6 Å². The molecule has 4 amide bonds. The standard InChI is InChI=1S/C15H26N4O3/c16-15(22)17-13(20)11-18-7-9-19(10-8-18)14(21)6-5-12-3-1-2-4-12/h12H,1-11H2,(H3,16,17,20,22). The van der Waals surface area contributed by atoms with Gasteiger partial charge in [0.15, 0.2) is 0 Å². The van der Waals surface area contributed by atoms with E-state index in [-0.39, 0.29) is 12.5 Å². The zero-order chi connectivity index (χ0) is 15.9. The number of rotatable bonds is 5. The average molecular weight is 310 g/mol. The fourth-order valence-electron chi connectivity index (χ4n) is 3.32. The molecule has 0 unspecified atom stereocenters. The lowest BCUT2D eigenvalue weighted by molar-refractivity contribution is -0.133. The van der Waals surface area contributed by atoms with Gasteiger partial charge in [0.2, 0.25) is 11.8 Å². The van der Waals surface area contributed by atoms with E-state index in [1.54, 1.807) is 0 Å². The molecule has 0 bridgehead atoms. The van der Waals surface area contributed by atoms with Gasteiger partial charge in [0.25, 0.3) is 0 Å². The number of piperazine rings is 1. The molecule has 2 aliphatic rings. The second kappa shape index (κ2) is 8.12. The topological polar surface area (TPSA) is 95.7 Å². The maximum Gasteiger partial charge on any atom is 0.318 e. The highest BCUT2D eigenvalue weighted by atomic mass is 16.2. The number of nitrogens with zero attached hydrogens (tertiary/aromatic N) is 2. The van der Waals surface area contributed by atoms with Gasteiger partial charge in [-0.1, -0.05) is 25.7 Å². The summed E-state index contributed by atoms with van der Waals surface area (Å²) in [7, 11) is 0. The molecule has 22 heavy (non-hydrogen) atoms. The van der Waals surface area contributed by atoms with Gasteiger partial charge in [-0.2, -0.15) is 0 Å². The average Bonchev–Trinajstić information content (AvgIpc) is 2.98. The molecule has 0 radical (unpaired) electrons. The summed E-state index contributed by atoms with van der Waals surface area (Å²) >= 11 is 0. The lowest BCUT2D eigenvalue weighted by Gasteiger charge is -2.34. The van der Waals surface area contributed by atoms with Crippen LogP contribution < -0.4 is 11.1 Å². The first-order chi connectivity index (χ1) is 10.5. The molecule has 7 heteroatoms. The van der Waals surface area contributed by atoms with Crippen molar-refractivity contribution in [2.75, 3.05) is 32.7 Å². The summed E-state index contributed by atoms with van der Waals surface area (Å²) in [5, 5.41) is 2.05. The third-order valence-electron chi connectivity index (χ3n) is 4.60. The van der Waals surface area contributed by atoms with Crippen molar-refractivity contribution in [1.29, 1.82) is 0 Å². The Kier molecular flexibility index (Phi) is 6.18. The quantitative estimate of drug-likeness (QED) is 0.763. The van der Waals surface area contributed by atoms with Crippen LogP contribution in [-0.2, 0) is 9.59 Å². The summed E-state index contributed by atoms with van der Waals surface area (Å²) in [4.78, 5) is 38.1. The molecule has 0 aromatic carbocycles. The summed E-state index contributed by atoms with van der Waals surface area (Å²) in [6, 6.07) is -0.828. The Balaban J connectivity index is 1.64. The van der Waals surface area contributed by atoms with Gasteiger partial charge in [-0.3, -0.25) is 19.8 Å². The van der Waals surface area contributed by atoms with E-state index in [2.05, 4.69) is 5.32 Å². The van der Waals surface area contributed by atoms with Crippen LogP contribution in [0.2, 0.25) is 0 Å². The number of primary amides is 1. The molecule has 0 atom stereocenters. The number of nitrogens with two attached hydrogens (primary N) is 1. The summed E-state index contributed by atoms with van der Waals surface area (Å²) in [5.41, 5.74) is 4.90. The van der Waals surface area contributed by atoms with Crippen molar-refractivity contribution in [3.8, 4) is 0 Å². The van der Waals surface area contributed by atoms with Crippen molar-refractivity contribution in [1.82, 2.24) is 15.1 Å². The maximum absolute atomic E-state index is 12.2. The second-order valence-corrected chi connectivity index (χ2v) is 6.26. The molecule has 0 spiro atoms. The van der Waals surface area contributed by atoms with Gasteiger partial charge in [0.1, 0.15) is 0 Å². The first-order valence-electron chi connectivity index (χ1n) is 8.14. The number of amides is 4. The van der Waals surface area contributed by atoms with E-state index < -0.39 is 11.9 Å². The minimum Gasteiger partial charge on any atom is -0.351 e. The van der Waals surface area contributed by atoms with E-state index >= 15 is 0 Å². The molecule has 2 rings (SSSR count). The molecule has 1 saturated carbocycles. The molecule has 2 fully saturated rings. The van der Waals surface area contributed by atoms with Crippen molar-refractivity contribution in [3.05, 3.63) is 0 Å². The number of carbonyl (C=O) groups is 3. The van der Waals surface area contributed by atoms with Gasteiger partial charge in [-0.15, -0.1) is 0 Å². The lowest BCUT2D eigenvalue weighted by Crippen LogP contribution is -2.51. The van der Waals surface area contributed by atoms with Crippen LogP contribution in [0, 0.1) is 5.92 Å². The first-order valence-corrected chi connectivity index (χ1v) is 8.14. The van der Waals surface area contributed by atoms with Crippen LogP contribution in [0.5, 0.6) is 0 Å². The van der Waals surface area contributed by atoms with E-state index in [0.29, 0.717) is 32.6 Å². The van der Waals surface area contributed by atoms with Crippen LogP contribution in [0.4, 0.5) is 4.79 Å². The Morgan fingerprint density at radius 3 is 2.27 bits per heavy atom. The first kappa shape index (κ1) is 16.7. The number of hydrogen-bond donors (Lipinski definition) is 2. The molecule has 1 heterocycles. The largest absolute Gasteiger partial charge is 0.351 e. The molecular weight excluding hydrogens is 284 g/mol. The molecule has 3 N–H and O–H groups in total. The number of hydrogen-bond acceptors (Lipinski definition) is 4. The summed E-state index contributed by atoms with van der Waals surface area (Å²) < 4.78 is 0. The van der Waals surface area contributed by atoms with Crippen molar-refractivity contribution >= 4 is 17.8 Å². The van der Waals surface area contributed by atoms with Crippen molar-refractivity contribution < 1.29 is 14.4 Å². The van der Waals surface area contributed by atoms with Crippen LogP contribution >= 0.6 is 0 Å². The molecule has 7 nitrogen and oxygen atoms in total. The van der Waals surface area contributed by atoms with Gasteiger partial charge in [0.05, 0.1) is 6.54 Å². The minimum atomic E-state index is -0.828. The number of carbonyl (C=O) groups excluding carboxylic acids is 3. The highest BCUT2D eigenvalue weighted by Crippen LogP contribution is 2.28. The zero-order valence-corrected chi connectivity index (χ0v) is 13.1. The monoisotopic (exact) mass is 310 g/mol. The van der Waals surface area contributed by atoms with E-state index in [4.69, 9.17) is 5.73 Å². The molecule has 1 saturated heterocycles. The van der Waals surface area contributed by atoms with Gasteiger partial charge >= 0.3 is 6.03 Å². The molecule has 124 valence electrons. The van der Waals surface area contributed by atoms with Crippen LogP contribution in [0.3, 0.4) is 0 Å². The Morgan fingerprint density at radius 1 is 1.05 bits per heavy atom. The highest BCUT2D eigenvalue weighted by molar-refractivity contribution is 5.94. The third-order valence-corrected chi connectivity index (χ3v) is 4.60. The SMILES string of the molecule is NC(=O)NC(=O)CN1CCN(C(=O)CCC2CCCC2)CC1. The van der Waals surface area contributed by atoms with E-state index in [1.165, 1.54) is 25.7 Å². The van der Waals surface area contributed by atoms with Crippen molar-refractivity contribution in [3.63, 3.8) is 0 Å². The van der Waals surface area contributed by atoms with Gasteiger partial charge in [-0.25, -0.2) is 4.79 Å². The fraction of sp³-hybridized carbons (Fsp3) is 0.800. The Labute approximate surface area is 131 Å². The predicted molar refractivity (Wildman–Crippen MR) is 81.9 cm³/mol. The number of nitrogens with one attached hydrogen (secondary N) is 1. The molecule has 0 aromatic rings. The number of urea groups is 1. The van der Waals surface area contributed by atoms with Crippen LogP contribution in [0.15, 0.2) is 0 Å². The third kappa shape index (κ3) is 5.29. The predicted octanol–water partition coefficient (Wildman–Crippen LogP) is 0.296. The van der Waals surface area contributed by atoms with Crippen LogP contribution in [0.1, 0.15) is 38.5 Å². The number of imide groups is 1. The normalized spacial score (nSPS) is 20.1. The molecule has 1 aliphatic carbocycles. The minimum absolute atomic E-state index is 0.146. The van der Waals surface area contributed by atoms with E-state index in [0.717, 1.165) is 12.3 Å². The fourth-order valence-corrected chi connectivity index (χ4v) is 3.32. The second-order valence-electron chi connectivity index (χ2n) is 6.26. The van der Waals surface area contributed by atoms with Crippen molar-refractivity contribution in [2.24, 2.45) is 11.7 Å².